The molecule has 1 aromatic rings. The number of rotatable bonds is 2. The van der Waals surface area contributed by atoms with Gasteiger partial charge in [0.2, 0.25) is 0 Å². The molecule has 2 unspecified atom stereocenters. The Morgan fingerprint density at radius 3 is 1.63 bits per heavy atom. The normalized spacial score (nSPS) is 19.4. The van der Waals surface area contributed by atoms with E-state index in [0.717, 1.165) is 29.5 Å². The van der Waals surface area contributed by atoms with Gasteiger partial charge in [-0.25, -0.2) is 4.79 Å². The van der Waals surface area contributed by atoms with Gasteiger partial charge in [0.15, 0.2) is 0 Å². The van der Waals surface area contributed by atoms with Crippen molar-refractivity contribution in [1.29, 1.82) is 0 Å². The topological polar surface area (TPSA) is 49.3 Å². The maximum atomic E-state index is 11.9. The molecule has 0 amide bonds. The summed E-state index contributed by atoms with van der Waals surface area (Å²) in [5.41, 5.74) is 0.237. The molecule has 2 atom stereocenters. The average Bonchev–Trinajstić information content (AvgIpc) is 3.02. The second-order valence-corrected chi connectivity index (χ2v) is 6.16. The van der Waals surface area contributed by atoms with Crippen LogP contribution in [0, 0.1) is 18.8 Å². The summed E-state index contributed by atoms with van der Waals surface area (Å²) in [5, 5.41) is 10.5. The lowest BCUT2D eigenvalue weighted by Gasteiger charge is -2.12. The molecule has 0 saturated carbocycles. The van der Waals surface area contributed by atoms with Crippen LogP contribution in [0.15, 0.2) is 24.3 Å². The highest BCUT2D eigenvalue weighted by Gasteiger charge is 2.38. The molecular formula is C18H25F6NO2. The molecule has 0 radical (unpaired) electrons. The third-order valence-corrected chi connectivity index (χ3v) is 4.15. The summed E-state index contributed by atoms with van der Waals surface area (Å²) < 4.78 is 67.5. The van der Waals surface area contributed by atoms with Crippen LogP contribution in [0.1, 0.15) is 37.8 Å². The van der Waals surface area contributed by atoms with Gasteiger partial charge in [-0.3, -0.25) is 0 Å². The molecule has 1 aromatic carbocycles. The van der Waals surface area contributed by atoms with Gasteiger partial charge < -0.3 is 10.4 Å². The van der Waals surface area contributed by atoms with Crippen LogP contribution in [-0.2, 0) is 11.0 Å². The van der Waals surface area contributed by atoms with Crippen LogP contribution in [0.3, 0.4) is 0 Å². The fourth-order valence-corrected chi connectivity index (χ4v) is 2.49. The number of alkyl halides is 6. The molecular weight excluding hydrogens is 376 g/mol. The third-order valence-electron chi connectivity index (χ3n) is 4.15. The van der Waals surface area contributed by atoms with Gasteiger partial charge in [-0.1, -0.05) is 44.4 Å². The fraction of sp³-hybridized carbons (Fsp3) is 0.611. The molecule has 1 heterocycles. The van der Waals surface area contributed by atoms with Crippen LogP contribution >= 0.6 is 0 Å². The number of carboxylic acid groups (broad SMARTS) is 1. The Labute approximate surface area is 154 Å². The number of hydrogen-bond acceptors (Lipinski definition) is 2. The van der Waals surface area contributed by atoms with Gasteiger partial charge in [-0.05, 0) is 44.0 Å². The largest absolute Gasteiger partial charge is 0.490 e. The molecule has 27 heavy (non-hydrogen) atoms. The molecule has 9 heteroatoms. The molecule has 3 nitrogen and oxygen atoms in total. The second-order valence-electron chi connectivity index (χ2n) is 6.16. The summed E-state index contributed by atoms with van der Waals surface area (Å²) >= 11 is 0. The van der Waals surface area contributed by atoms with Gasteiger partial charge in [0, 0.05) is 0 Å². The van der Waals surface area contributed by atoms with E-state index in [9.17, 15) is 26.3 Å². The van der Waals surface area contributed by atoms with Gasteiger partial charge in [0.05, 0.1) is 5.56 Å². The Morgan fingerprint density at radius 2 is 1.37 bits per heavy atom. The minimum absolute atomic E-state index is 0.594. The van der Waals surface area contributed by atoms with E-state index in [1.165, 1.54) is 38.1 Å². The lowest BCUT2D eigenvalue weighted by atomic mass is 9.92. The molecule has 1 fully saturated rings. The summed E-state index contributed by atoms with van der Waals surface area (Å²) in [5.74, 6) is -0.822. The fourth-order valence-electron chi connectivity index (χ4n) is 2.49. The van der Waals surface area contributed by atoms with Crippen LogP contribution < -0.4 is 5.32 Å². The molecule has 1 aliphatic rings. The summed E-state index contributed by atoms with van der Waals surface area (Å²) in [6.07, 6.45) is -6.59. The molecule has 0 aliphatic carbocycles. The Morgan fingerprint density at radius 1 is 1.00 bits per heavy atom. The van der Waals surface area contributed by atoms with Crippen LogP contribution in [0.4, 0.5) is 26.3 Å². The minimum Gasteiger partial charge on any atom is -0.475 e. The smallest absolute Gasteiger partial charge is 0.475 e. The lowest BCUT2D eigenvalue weighted by molar-refractivity contribution is -0.192. The van der Waals surface area contributed by atoms with Gasteiger partial charge in [-0.2, -0.15) is 26.3 Å². The van der Waals surface area contributed by atoms with Crippen molar-refractivity contribution >= 4 is 5.97 Å². The van der Waals surface area contributed by atoms with E-state index in [1.807, 2.05) is 0 Å². The zero-order chi connectivity index (χ0) is 21.3. The first-order valence-corrected chi connectivity index (χ1v) is 8.47. The Kier molecular flexibility index (Phi) is 10.4. The zero-order valence-corrected chi connectivity index (χ0v) is 15.4. The maximum Gasteiger partial charge on any atom is 0.490 e. The van der Waals surface area contributed by atoms with Gasteiger partial charge in [0.25, 0.3) is 0 Å². The number of carbonyl (C=O) groups is 1. The number of aryl methyl sites for hydroxylation is 1. The molecule has 0 spiro atoms. The molecule has 0 bridgehead atoms. The van der Waals surface area contributed by atoms with Crippen LogP contribution in [0.5, 0.6) is 0 Å². The maximum absolute atomic E-state index is 11.9. The molecule has 0 aromatic heterocycles. The number of nitrogens with one attached hydrogen (secondary N) is 1. The first kappa shape index (κ1) is 25.2. The van der Waals surface area contributed by atoms with Crippen molar-refractivity contribution in [2.45, 2.75) is 46.0 Å². The third kappa shape index (κ3) is 10.2. The molecule has 1 saturated heterocycles. The van der Waals surface area contributed by atoms with Gasteiger partial charge in [0.1, 0.15) is 0 Å². The number of carboxylic acids is 1. The first-order chi connectivity index (χ1) is 12.3. The van der Waals surface area contributed by atoms with Crippen molar-refractivity contribution in [2.75, 3.05) is 13.1 Å². The second kappa shape index (κ2) is 11.2. The summed E-state index contributed by atoms with van der Waals surface area (Å²) in [6.45, 7) is 8.85. The predicted octanol–water partition coefficient (Wildman–Crippen LogP) is 5.29. The quantitative estimate of drug-likeness (QED) is 0.662. The minimum atomic E-state index is -5.08. The van der Waals surface area contributed by atoms with Crippen molar-refractivity contribution in [1.82, 2.24) is 5.32 Å². The van der Waals surface area contributed by atoms with E-state index in [0.29, 0.717) is 0 Å². The predicted molar refractivity (Wildman–Crippen MR) is 90.3 cm³/mol. The molecule has 1 aliphatic heterocycles. The Balaban J connectivity index is 0.000000387. The summed E-state index contributed by atoms with van der Waals surface area (Å²) in [6, 6.07) is 5.05. The number of hydrogen-bond donors (Lipinski definition) is 2. The highest BCUT2D eigenvalue weighted by Crippen LogP contribution is 2.28. The van der Waals surface area contributed by atoms with Crippen LogP contribution in [0.25, 0.3) is 0 Å². The SMILES string of the molecule is CCC1CNCC1CC.Cc1ccc(C(F)(F)F)cc1.O=C(O)C(F)(F)F. The standard InChI is InChI=1S/C8H7F3.C8H17N.C2HF3O2/c1-6-2-4-7(5-3-6)8(9,10)11;1-3-7-5-9-6-8(7)4-2;3-2(4,5)1(6)7/h2-5H,1H3;7-9H,3-6H2,1-2H3;(H,6,7). The number of aliphatic carboxylic acids is 1. The summed E-state index contributed by atoms with van der Waals surface area (Å²) in [4.78, 5) is 8.90. The highest BCUT2D eigenvalue weighted by molar-refractivity contribution is 5.73. The van der Waals surface area contributed by atoms with Crippen molar-refractivity contribution in [2.24, 2.45) is 11.8 Å². The van der Waals surface area contributed by atoms with Gasteiger partial charge in [-0.15, -0.1) is 0 Å². The zero-order valence-electron chi connectivity index (χ0n) is 15.4. The van der Waals surface area contributed by atoms with Gasteiger partial charge >= 0.3 is 18.3 Å². The van der Waals surface area contributed by atoms with Crippen molar-refractivity contribution in [3.63, 3.8) is 0 Å². The van der Waals surface area contributed by atoms with Crippen molar-refractivity contribution in [3.05, 3.63) is 35.4 Å². The lowest BCUT2D eigenvalue weighted by Crippen LogP contribution is -2.21. The monoisotopic (exact) mass is 401 g/mol. The van der Waals surface area contributed by atoms with Crippen molar-refractivity contribution in [3.8, 4) is 0 Å². The van der Waals surface area contributed by atoms with E-state index < -0.39 is 23.9 Å². The van der Waals surface area contributed by atoms with E-state index in [1.54, 1.807) is 6.92 Å². The van der Waals surface area contributed by atoms with Crippen LogP contribution in [-0.4, -0.2) is 30.3 Å². The van der Waals surface area contributed by atoms with E-state index in [2.05, 4.69) is 19.2 Å². The first-order valence-electron chi connectivity index (χ1n) is 8.47. The van der Waals surface area contributed by atoms with Crippen LogP contribution in [0.2, 0.25) is 0 Å². The van der Waals surface area contributed by atoms with E-state index in [-0.39, 0.29) is 0 Å². The Bertz CT molecular complexity index is 544. The molecule has 156 valence electrons. The molecule has 2 N–H and O–H groups in total. The van der Waals surface area contributed by atoms with Crippen molar-refractivity contribution < 1.29 is 36.2 Å². The van der Waals surface area contributed by atoms with E-state index >= 15 is 0 Å². The summed E-state index contributed by atoms with van der Waals surface area (Å²) in [7, 11) is 0. The van der Waals surface area contributed by atoms with E-state index in [4.69, 9.17) is 9.90 Å². The highest BCUT2D eigenvalue weighted by atomic mass is 19.4. The number of halogens is 6. The average molecular weight is 401 g/mol. The molecule has 2 rings (SSSR count). The Hall–Kier alpha value is -1.77. The number of benzene rings is 1.